The molecule has 3 rings (SSSR count). The van der Waals surface area contributed by atoms with E-state index in [0.717, 1.165) is 12.8 Å². The minimum absolute atomic E-state index is 0.0162. The molecule has 1 atom stereocenters. The summed E-state index contributed by atoms with van der Waals surface area (Å²) in [4.78, 5) is 22.6. The fourth-order valence-corrected chi connectivity index (χ4v) is 2.78. The number of hydrogen-bond donors (Lipinski definition) is 0. The van der Waals surface area contributed by atoms with E-state index in [9.17, 15) is 4.79 Å². The quantitative estimate of drug-likeness (QED) is 0.777. The lowest BCUT2D eigenvalue weighted by Crippen LogP contribution is -2.41. The van der Waals surface area contributed by atoms with Gasteiger partial charge in [0.25, 0.3) is 5.89 Å². The number of aryl methyl sites for hydroxylation is 1. The van der Waals surface area contributed by atoms with Crippen molar-refractivity contribution in [3.8, 4) is 0 Å². The molecule has 1 amide bonds. The molecule has 0 N–H and O–H groups in total. The predicted octanol–water partition coefficient (Wildman–Crippen LogP) is 1.81. The maximum Gasteiger partial charge on any atom is 0.252 e. The topological polar surface area (TPSA) is 107 Å². The summed E-state index contributed by atoms with van der Waals surface area (Å²) < 4.78 is 15.6. The highest BCUT2D eigenvalue weighted by atomic mass is 16.5. The average Bonchev–Trinajstić information content (AvgIpc) is 3.24. The van der Waals surface area contributed by atoms with Crippen LogP contribution in [-0.2, 0) is 16.1 Å². The maximum absolute atomic E-state index is 12.4. The van der Waals surface area contributed by atoms with Crippen LogP contribution in [0.4, 0.5) is 0 Å². The van der Waals surface area contributed by atoms with Crippen LogP contribution in [0.2, 0.25) is 0 Å². The van der Waals surface area contributed by atoms with Crippen molar-refractivity contribution < 1.29 is 18.6 Å². The van der Waals surface area contributed by atoms with Crippen LogP contribution in [-0.4, -0.2) is 50.8 Å². The van der Waals surface area contributed by atoms with Gasteiger partial charge in [0.2, 0.25) is 11.8 Å². The molecule has 1 saturated heterocycles. The summed E-state index contributed by atoms with van der Waals surface area (Å²) >= 11 is 0. The summed E-state index contributed by atoms with van der Waals surface area (Å²) in [6, 6.07) is 0. The zero-order valence-corrected chi connectivity index (χ0v) is 14.8. The van der Waals surface area contributed by atoms with Crippen molar-refractivity contribution in [1.29, 1.82) is 0 Å². The van der Waals surface area contributed by atoms with Gasteiger partial charge in [-0.05, 0) is 19.8 Å². The molecule has 0 radical (unpaired) electrons. The largest absolute Gasteiger partial charge is 0.362 e. The van der Waals surface area contributed by atoms with Gasteiger partial charge in [-0.1, -0.05) is 24.2 Å². The molecule has 1 aliphatic rings. The second kappa shape index (κ2) is 7.73. The molecule has 0 aliphatic carbocycles. The summed E-state index contributed by atoms with van der Waals surface area (Å²) in [6.45, 7) is 7.16. The van der Waals surface area contributed by atoms with E-state index in [0.29, 0.717) is 36.5 Å². The number of likely N-dealkylation sites (tertiary alicyclic amines) is 1. The highest BCUT2D eigenvalue weighted by molar-refractivity contribution is 5.77. The van der Waals surface area contributed by atoms with Gasteiger partial charge in [0, 0.05) is 24.9 Å². The van der Waals surface area contributed by atoms with Crippen LogP contribution >= 0.6 is 0 Å². The predicted molar refractivity (Wildman–Crippen MR) is 85.6 cm³/mol. The van der Waals surface area contributed by atoms with E-state index >= 15 is 0 Å². The van der Waals surface area contributed by atoms with Crippen LogP contribution in [0.1, 0.15) is 62.0 Å². The second-order valence-electron chi connectivity index (χ2n) is 6.55. The van der Waals surface area contributed by atoms with Crippen LogP contribution in [0.5, 0.6) is 0 Å². The number of amides is 1. The first-order valence-corrected chi connectivity index (χ1v) is 8.51. The Morgan fingerprint density at radius 3 is 2.84 bits per heavy atom. The monoisotopic (exact) mass is 349 g/mol. The van der Waals surface area contributed by atoms with Crippen LogP contribution in [0, 0.1) is 6.92 Å². The third-order valence-electron chi connectivity index (χ3n) is 4.11. The summed E-state index contributed by atoms with van der Waals surface area (Å²) in [6.07, 6.45) is 1.85. The molecule has 0 spiro atoms. The van der Waals surface area contributed by atoms with Crippen LogP contribution in [0.25, 0.3) is 0 Å². The third kappa shape index (κ3) is 4.41. The van der Waals surface area contributed by atoms with E-state index in [1.165, 1.54) is 0 Å². The Bertz CT molecular complexity index is 711. The van der Waals surface area contributed by atoms with Gasteiger partial charge in [0.1, 0.15) is 13.2 Å². The summed E-state index contributed by atoms with van der Waals surface area (Å²) in [5.74, 6) is 2.48. The molecule has 0 aromatic carbocycles. The van der Waals surface area contributed by atoms with Crippen molar-refractivity contribution in [2.45, 2.75) is 52.1 Å². The van der Waals surface area contributed by atoms with E-state index in [2.05, 4.69) is 20.3 Å². The first-order valence-electron chi connectivity index (χ1n) is 8.51. The summed E-state index contributed by atoms with van der Waals surface area (Å²) in [5, 5.41) is 7.75. The lowest BCUT2D eigenvalue weighted by Gasteiger charge is -2.31. The van der Waals surface area contributed by atoms with Gasteiger partial charge < -0.3 is 18.7 Å². The molecule has 0 saturated carbocycles. The Morgan fingerprint density at radius 1 is 1.32 bits per heavy atom. The van der Waals surface area contributed by atoms with Crippen LogP contribution in [0.15, 0.2) is 9.05 Å². The number of piperidine rings is 1. The van der Waals surface area contributed by atoms with Crippen molar-refractivity contribution in [1.82, 2.24) is 25.2 Å². The Kier molecular flexibility index (Phi) is 5.42. The van der Waals surface area contributed by atoms with Gasteiger partial charge in [0.15, 0.2) is 11.6 Å². The van der Waals surface area contributed by atoms with E-state index in [1.54, 1.807) is 11.8 Å². The fraction of sp³-hybridized carbons (Fsp3) is 0.688. The SMILES string of the molecule is Cc1noc(COCC(=O)N2CCCC(c3noc(C(C)C)n3)C2)n1. The molecule has 1 aliphatic heterocycles. The van der Waals surface area contributed by atoms with Gasteiger partial charge in [0.05, 0.1) is 0 Å². The first-order chi connectivity index (χ1) is 12.0. The third-order valence-corrected chi connectivity index (χ3v) is 4.11. The van der Waals surface area contributed by atoms with Crippen molar-refractivity contribution >= 4 is 5.91 Å². The average molecular weight is 349 g/mol. The van der Waals surface area contributed by atoms with E-state index < -0.39 is 0 Å². The normalized spacial score (nSPS) is 18.1. The lowest BCUT2D eigenvalue weighted by molar-refractivity contribution is -0.138. The van der Waals surface area contributed by atoms with E-state index in [1.807, 2.05) is 13.8 Å². The van der Waals surface area contributed by atoms with Crippen molar-refractivity contribution in [2.75, 3.05) is 19.7 Å². The highest BCUT2D eigenvalue weighted by Gasteiger charge is 2.28. The van der Waals surface area contributed by atoms with Crippen molar-refractivity contribution in [3.63, 3.8) is 0 Å². The van der Waals surface area contributed by atoms with Crippen molar-refractivity contribution in [2.24, 2.45) is 0 Å². The molecule has 2 aromatic rings. The first kappa shape index (κ1) is 17.5. The summed E-state index contributed by atoms with van der Waals surface area (Å²) in [5.41, 5.74) is 0. The van der Waals surface area contributed by atoms with E-state index in [4.69, 9.17) is 13.8 Å². The molecule has 9 nitrogen and oxygen atoms in total. The van der Waals surface area contributed by atoms with Gasteiger partial charge in [-0.3, -0.25) is 4.79 Å². The standard InChI is InChI=1S/C16H23N5O4/c1-10(2)16-18-15(20-25-16)12-5-4-6-21(7-12)14(22)9-23-8-13-17-11(3)19-24-13/h10,12H,4-9H2,1-3H3. The van der Waals surface area contributed by atoms with Gasteiger partial charge in [-0.15, -0.1) is 0 Å². The zero-order valence-electron chi connectivity index (χ0n) is 14.8. The minimum atomic E-state index is -0.0616. The Hall–Kier alpha value is -2.29. The van der Waals surface area contributed by atoms with Gasteiger partial charge >= 0.3 is 0 Å². The fourth-order valence-electron chi connectivity index (χ4n) is 2.78. The second-order valence-corrected chi connectivity index (χ2v) is 6.55. The smallest absolute Gasteiger partial charge is 0.252 e. The lowest BCUT2D eigenvalue weighted by atomic mass is 9.97. The molecule has 136 valence electrons. The number of carbonyl (C=O) groups excluding carboxylic acids is 1. The number of hydrogen-bond acceptors (Lipinski definition) is 8. The van der Waals surface area contributed by atoms with Gasteiger partial charge in [-0.2, -0.15) is 9.97 Å². The number of carbonyl (C=O) groups is 1. The highest BCUT2D eigenvalue weighted by Crippen LogP contribution is 2.26. The Balaban J connectivity index is 1.50. The van der Waals surface area contributed by atoms with Gasteiger partial charge in [-0.25, -0.2) is 0 Å². The zero-order chi connectivity index (χ0) is 17.8. The molecule has 2 aromatic heterocycles. The number of nitrogens with zero attached hydrogens (tertiary/aromatic N) is 5. The molecular formula is C16H23N5O4. The molecule has 9 heteroatoms. The molecule has 25 heavy (non-hydrogen) atoms. The van der Waals surface area contributed by atoms with E-state index in [-0.39, 0.29) is 31.0 Å². The molecule has 3 heterocycles. The number of aromatic nitrogens is 4. The molecule has 1 fully saturated rings. The number of ether oxygens (including phenoxy) is 1. The molecule has 1 unspecified atom stereocenters. The van der Waals surface area contributed by atoms with Crippen LogP contribution < -0.4 is 0 Å². The number of rotatable bonds is 6. The Morgan fingerprint density at radius 2 is 2.16 bits per heavy atom. The van der Waals surface area contributed by atoms with Crippen molar-refractivity contribution in [3.05, 3.63) is 23.4 Å². The minimum Gasteiger partial charge on any atom is -0.362 e. The molecular weight excluding hydrogens is 326 g/mol. The van der Waals surface area contributed by atoms with Crippen LogP contribution in [0.3, 0.4) is 0 Å². The maximum atomic E-state index is 12.4. The Labute approximate surface area is 145 Å². The summed E-state index contributed by atoms with van der Waals surface area (Å²) in [7, 11) is 0. The molecule has 0 bridgehead atoms.